The second-order valence-corrected chi connectivity index (χ2v) is 2.13. The summed E-state index contributed by atoms with van der Waals surface area (Å²) in [7, 11) is 0. The monoisotopic (exact) mass is 107 g/mol. The summed E-state index contributed by atoms with van der Waals surface area (Å²) in [6, 6.07) is 2.02. The first kappa shape index (κ1) is 4.19. The summed E-state index contributed by atoms with van der Waals surface area (Å²) in [5.41, 5.74) is 1.32. The van der Waals surface area contributed by atoms with E-state index in [1.54, 1.807) is 6.26 Å². The van der Waals surface area contributed by atoms with Gasteiger partial charge in [-0.2, -0.15) is 0 Å². The van der Waals surface area contributed by atoms with Crippen molar-refractivity contribution in [3.05, 3.63) is 30.6 Å². The Labute approximate surface area is 48.3 Å². The zero-order valence-electron chi connectivity index (χ0n) is 4.50. The van der Waals surface area contributed by atoms with Gasteiger partial charge in [-0.3, -0.25) is 0 Å². The fraction of sp³-hybridized carbons (Fsp3) is 0.286. The van der Waals surface area contributed by atoms with E-state index in [-0.39, 0.29) is 0 Å². The molecule has 0 saturated heterocycles. The van der Waals surface area contributed by atoms with Crippen LogP contribution >= 0.6 is 0 Å². The van der Waals surface area contributed by atoms with Crippen LogP contribution in [0.5, 0.6) is 0 Å². The van der Waals surface area contributed by atoms with Crippen LogP contribution in [0.2, 0.25) is 0 Å². The van der Waals surface area contributed by atoms with Gasteiger partial charge in [0.2, 0.25) is 0 Å². The maximum Gasteiger partial charge on any atom is 0.0937 e. The van der Waals surface area contributed by atoms with Crippen molar-refractivity contribution < 1.29 is 4.42 Å². The van der Waals surface area contributed by atoms with E-state index in [9.17, 15) is 0 Å². The zero-order valence-corrected chi connectivity index (χ0v) is 4.50. The molecule has 0 amide bonds. The van der Waals surface area contributed by atoms with Crippen LogP contribution < -0.4 is 0 Å². The maximum absolute atomic E-state index is 4.90. The predicted molar refractivity (Wildman–Crippen MR) is 30.4 cm³/mol. The van der Waals surface area contributed by atoms with Gasteiger partial charge < -0.3 is 4.42 Å². The van der Waals surface area contributed by atoms with E-state index in [2.05, 4.69) is 6.42 Å². The normalized spacial score (nSPS) is 19.0. The van der Waals surface area contributed by atoms with Crippen molar-refractivity contribution in [1.82, 2.24) is 0 Å². The van der Waals surface area contributed by atoms with Crippen molar-refractivity contribution in [2.75, 3.05) is 0 Å². The van der Waals surface area contributed by atoms with Crippen molar-refractivity contribution >= 4 is 0 Å². The Morgan fingerprint density at radius 3 is 3.00 bits per heavy atom. The second-order valence-electron chi connectivity index (χ2n) is 2.13. The summed E-state index contributed by atoms with van der Waals surface area (Å²) in [4.78, 5) is 0. The van der Waals surface area contributed by atoms with Gasteiger partial charge in [-0.1, -0.05) is 0 Å². The van der Waals surface area contributed by atoms with Crippen LogP contribution in [0.1, 0.15) is 17.9 Å². The summed E-state index contributed by atoms with van der Waals surface area (Å²) in [5.74, 6) is 0.716. The number of rotatable bonds is 1. The zero-order chi connectivity index (χ0) is 5.40. The molecular weight excluding hydrogens is 100 g/mol. The Morgan fingerprint density at radius 1 is 1.62 bits per heavy atom. The summed E-state index contributed by atoms with van der Waals surface area (Å²) in [5, 5.41) is 0. The molecule has 1 aromatic heterocycles. The fourth-order valence-corrected chi connectivity index (χ4v) is 0.826. The Kier molecular flexibility index (Phi) is 0.720. The second kappa shape index (κ2) is 1.38. The molecule has 1 aliphatic rings. The molecule has 2 rings (SSSR count). The SMILES string of the molecule is [CH]1CC1c1ccoc1. The molecule has 0 N–H and O–H groups in total. The summed E-state index contributed by atoms with van der Waals surface area (Å²) >= 11 is 0. The smallest absolute Gasteiger partial charge is 0.0937 e. The lowest BCUT2D eigenvalue weighted by Gasteiger charge is -1.80. The first-order chi connectivity index (χ1) is 3.97. The van der Waals surface area contributed by atoms with Gasteiger partial charge in [-0.05, 0) is 30.4 Å². The highest BCUT2D eigenvalue weighted by atomic mass is 16.3. The molecule has 8 heavy (non-hydrogen) atoms. The molecular formula is C7H7O. The van der Waals surface area contributed by atoms with Crippen LogP contribution in [0, 0.1) is 6.42 Å². The number of hydrogen-bond donors (Lipinski definition) is 0. The Balaban J connectivity index is 2.28. The lowest BCUT2D eigenvalue weighted by atomic mass is 10.2. The highest BCUT2D eigenvalue weighted by Crippen LogP contribution is 2.38. The fourth-order valence-electron chi connectivity index (χ4n) is 0.826. The maximum atomic E-state index is 4.90. The van der Waals surface area contributed by atoms with E-state index in [1.807, 2.05) is 12.3 Å². The van der Waals surface area contributed by atoms with Gasteiger partial charge >= 0.3 is 0 Å². The van der Waals surface area contributed by atoms with Gasteiger partial charge in [0.15, 0.2) is 0 Å². The van der Waals surface area contributed by atoms with Gasteiger partial charge in [-0.25, -0.2) is 0 Å². The van der Waals surface area contributed by atoms with Crippen molar-refractivity contribution in [3.8, 4) is 0 Å². The lowest BCUT2D eigenvalue weighted by molar-refractivity contribution is 0.564. The van der Waals surface area contributed by atoms with E-state index < -0.39 is 0 Å². The van der Waals surface area contributed by atoms with Crippen molar-refractivity contribution in [2.45, 2.75) is 12.3 Å². The van der Waals surface area contributed by atoms with Gasteiger partial charge in [0.05, 0.1) is 12.5 Å². The molecule has 0 aliphatic heterocycles. The largest absolute Gasteiger partial charge is 0.472 e. The van der Waals surface area contributed by atoms with E-state index in [0.29, 0.717) is 5.92 Å². The first-order valence-electron chi connectivity index (χ1n) is 2.82. The standard InChI is InChI=1S/C7H7O/c1-2-6(1)7-3-4-8-5-7/h1,3-6H,2H2. The van der Waals surface area contributed by atoms with Gasteiger partial charge in [0, 0.05) is 0 Å². The predicted octanol–water partition coefficient (Wildman–Crippen LogP) is 1.97. The molecule has 1 aliphatic carbocycles. The molecule has 1 heteroatoms. The van der Waals surface area contributed by atoms with Crippen LogP contribution in [0.3, 0.4) is 0 Å². The molecule has 41 valence electrons. The van der Waals surface area contributed by atoms with Gasteiger partial charge in [0.1, 0.15) is 0 Å². The molecule has 1 aromatic rings. The number of furan rings is 1. The Morgan fingerprint density at radius 2 is 2.50 bits per heavy atom. The molecule has 0 spiro atoms. The van der Waals surface area contributed by atoms with E-state index >= 15 is 0 Å². The third-order valence-corrected chi connectivity index (χ3v) is 1.44. The van der Waals surface area contributed by atoms with E-state index in [1.165, 1.54) is 12.0 Å². The highest BCUT2D eigenvalue weighted by Gasteiger charge is 2.24. The Hall–Kier alpha value is -0.720. The van der Waals surface area contributed by atoms with E-state index in [4.69, 9.17) is 4.42 Å². The minimum atomic E-state index is 0.716. The van der Waals surface area contributed by atoms with Crippen LogP contribution in [-0.4, -0.2) is 0 Å². The third-order valence-electron chi connectivity index (χ3n) is 1.44. The van der Waals surface area contributed by atoms with Crippen LogP contribution in [0.25, 0.3) is 0 Å². The summed E-state index contributed by atoms with van der Waals surface area (Å²) < 4.78 is 4.90. The number of hydrogen-bond acceptors (Lipinski definition) is 1. The Bertz CT molecular complexity index is 161. The van der Waals surface area contributed by atoms with Gasteiger partial charge in [0.25, 0.3) is 0 Å². The molecule has 1 atom stereocenters. The summed E-state index contributed by atoms with van der Waals surface area (Å²) in [6.07, 6.45) is 7.04. The minimum Gasteiger partial charge on any atom is -0.472 e. The quantitative estimate of drug-likeness (QED) is 0.534. The highest BCUT2D eigenvalue weighted by molar-refractivity contribution is 5.25. The first-order valence-corrected chi connectivity index (χ1v) is 2.82. The average molecular weight is 107 g/mol. The molecule has 1 unspecified atom stereocenters. The van der Waals surface area contributed by atoms with Crippen LogP contribution in [0.4, 0.5) is 0 Å². The van der Waals surface area contributed by atoms with Gasteiger partial charge in [-0.15, -0.1) is 0 Å². The molecule has 1 radical (unpaired) electrons. The summed E-state index contributed by atoms with van der Waals surface area (Å²) in [6.45, 7) is 0. The average Bonchev–Trinajstić information content (AvgIpc) is 2.49. The van der Waals surface area contributed by atoms with Crippen molar-refractivity contribution in [3.63, 3.8) is 0 Å². The lowest BCUT2D eigenvalue weighted by Crippen LogP contribution is -1.66. The van der Waals surface area contributed by atoms with E-state index in [0.717, 1.165) is 0 Å². The molecule has 1 fully saturated rings. The van der Waals surface area contributed by atoms with Crippen LogP contribution in [0.15, 0.2) is 23.0 Å². The third kappa shape index (κ3) is 0.548. The van der Waals surface area contributed by atoms with Crippen molar-refractivity contribution in [1.29, 1.82) is 0 Å². The van der Waals surface area contributed by atoms with Crippen molar-refractivity contribution in [2.24, 2.45) is 0 Å². The van der Waals surface area contributed by atoms with Crippen LogP contribution in [-0.2, 0) is 0 Å². The topological polar surface area (TPSA) is 13.1 Å². The minimum absolute atomic E-state index is 0.716. The molecule has 1 saturated carbocycles. The molecule has 1 nitrogen and oxygen atoms in total. The molecule has 0 aromatic carbocycles. The molecule has 0 bridgehead atoms. The molecule has 1 heterocycles.